The van der Waals surface area contributed by atoms with Crippen LogP contribution in [0.4, 0.5) is 0 Å². The van der Waals surface area contributed by atoms with Gasteiger partial charge in [0, 0.05) is 5.56 Å². The van der Waals surface area contributed by atoms with E-state index in [1.54, 1.807) is 0 Å². The zero-order valence-electron chi connectivity index (χ0n) is 13.3. The zero-order chi connectivity index (χ0) is 16.4. The lowest BCUT2D eigenvalue weighted by molar-refractivity contribution is -0.160. The van der Waals surface area contributed by atoms with Gasteiger partial charge in [0.1, 0.15) is 0 Å². The molecule has 1 aliphatic heterocycles. The molecule has 0 bridgehead atoms. The van der Waals surface area contributed by atoms with E-state index in [1.807, 2.05) is 32.9 Å². The number of methoxy groups -OCH3 is 2. The summed E-state index contributed by atoms with van der Waals surface area (Å²) in [5.41, 5.74) is 3.87. The van der Waals surface area contributed by atoms with Gasteiger partial charge in [-0.05, 0) is 31.9 Å². The lowest BCUT2D eigenvalue weighted by Crippen LogP contribution is -2.38. The summed E-state index contributed by atoms with van der Waals surface area (Å²) < 4.78 is 20.6. The second-order valence-electron chi connectivity index (χ2n) is 5.30. The normalized spacial score (nSPS) is 24.1. The number of esters is 2. The molecule has 1 aromatic rings. The first-order valence-corrected chi connectivity index (χ1v) is 6.93. The third-order valence-electron chi connectivity index (χ3n) is 3.66. The lowest BCUT2D eigenvalue weighted by atomic mass is 9.99. The lowest BCUT2D eigenvalue weighted by Gasteiger charge is -2.17. The van der Waals surface area contributed by atoms with Crippen LogP contribution in [-0.2, 0) is 28.5 Å². The predicted molar refractivity (Wildman–Crippen MR) is 77.2 cm³/mol. The quantitative estimate of drug-likeness (QED) is 0.792. The molecule has 2 unspecified atom stereocenters. The molecule has 0 radical (unpaired) electrons. The van der Waals surface area contributed by atoms with Crippen molar-refractivity contribution >= 4 is 11.9 Å². The molecule has 2 rings (SSSR count). The topological polar surface area (TPSA) is 71.1 Å². The fourth-order valence-electron chi connectivity index (χ4n) is 2.73. The maximum atomic E-state index is 11.8. The van der Waals surface area contributed by atoms with E-state index in [1.165, 1.54) is 14.2 Å². The minimum Gasteiger partial charge on any atom is -0.467 e. The van der Waals surface area contributed by atoms with Crippen LogP contribution >= 0.6 is 0 Å². The Morgan fingerprint density at radius 2 is 1.32 bits per heavy atom. The molecule has 6 nitrogen and oxygen atoms in total. The van der Waals surface area contributed by atoms with Crippen molar-refractivity contribution < 1.29 is 28.5 Å². The Hall–Kier alpha value is -1.92. The van der Waals surface area contributed by atoms with Crippen LogP contribution in [0.1, 0.15) is 28.5 Å². The van der Waals surface area contributed by atoms with Gasteiger partial charge in [0.05, 0.1) is 14.2 Å². The Morgan fingerprint density at radius 3 is 1.68 bits per heavy atom. The van der Waals surface area contributed by atoms with E-state index < -0.39 is 30.4 Å². The maximum absolute atomic E-state index is 11.8. The van der Waals surface area contributed by atoms with E-state index in [4.69, 9.17) is 9.47 Å². The highest BCUT2D eigenvalue weighted by molar-refractivity contribution is 5.86. The van der Waals surface area contributed by atoms with Gasteiger partial charge in [-0.3, -0.25) is 0 Å². The maximum Gasteiger partial charge on any atom is 0.338 e. The number of hydrogen-bond donors (Lipinski definition) is 0. The number of rotatable bonds is 3. The van der Waals surface area contributed by atoms with Crippen LogP contribution in [0.3, 0.4) is 0 Å². The van der Waals surface area contributed by atoms with Crippen molar-refractivity contribution in [3.05, 3.63) is 34.4 Å². The van der Waals surface area contributed by atoms with Gasteiger partial charge in [0.15, 0.2) is 18.5 Å². The minimum absolute atomic E-state index is 0.666. The molecular weight excluding hydrogens is 288 g/mol. The van der Waals surface area contributed by atoms with Gasteiger partial charge in [-0.25, -0.2) is 9.59 Å². The number of benzene rings is 1. The Kier molecular flexibility index (Phi) is 4.83. The second-order valence-corrected chi connectivity index (χ2v) is 5.30. The van der Waals surface area contributed by atoms with Gasteiger partial charge >= 0.3 is 11.9 Å². The molecule has 22 heavy (non-hydrogen) atoms. The molecular formula is C16H20O6. The molecule has 1 saturated heterocycles. The predicted octanol–water partition coefficient (Wildman–Crippen LogP) is 1.74. The highest BCUT2D eigenvalue weighted by Crippen LogP contribution is 2.36. The van der Waals surface area contributed by atoms with Crippen LogP contribution in [0.5, 0.6) is 0 Å². The SMILES string of the molecule is COC(=O)C1OC(c2c(C)cc(C)cc2C)OC1C(=O)OC. The number of hydrogen-bond acceptors (Lipinski definition) is 6. The van der Waals surface area contributed by atoms with Crippen LogP contribution in [0.2, 0.25) is 0 Å². The van der Waals surface area contributed by atoms with E-state index in [0.717, 1.165) is 22.3 Å². The molecule has 120 valence electrons. The largest absolute Gasteiger partial charge is 0.467 e. The van der Waals surface area contributed by atoms with Crippen molar-refractivity contribution in [3.8, 4) is 0 Å². The van der Waals surface area contributed by atoms with Crippen LogP contribution < -0.4 is 0 Å². The second kappa shape index (κ2) is 6.46. The minimum atomic E-state index is -1.14. The zero-order valence-corrected chi connectivity index (χ0v) is 13.3. The van der Waals surface area contributed by atoms with Crippen LogP contribution in [0.15, 0.2) is 12.1 Å². The molecule has 0 aliphatic carbocycles. The highest BCUT2D eigenvalue weighted by Gasteiger charge is 2.47. The van der Waals surface area contributed by atoms with Crippen LogP contribution in [-0.4, -0.2) is 38.4 Å². The Morgan fingerprint density at radius 1 is 0.909 bits per heavy atom. The first-order valence-electron chi connectivity index (χ1n) is 6.93. The van der Waals surface area contributed by atoms with Gasteiger partial charge < -0.3 is 18.9 Å². The smallest absolute Gasteiger partial charge is 0.338 e. The average Bonchev–Trinajstić information content (AvgIpc) is 2.89. The van der Waals surface area contributed by atoms with Gasteiger partial charge in [-0.1, -0.05) is 17.7 Å². The van der Waals surface area contributed by atoms with Gasteiger partial charge in [-0.2, -0.15) is 0 Å². The van der Waals surface area contributed by atoms with E-state index in [9.17, 15) is 9.59 Å². The standard InChI is InChI=1S/C16H20O6/c1-8-6-9(2)11(10(3)7-8)16-21-12(14(17)19-4)13(22-16)15(18)20-5/h6-7,12-13,16H,1-5H3. The molecule has 1 fully saturated rings. The van der Waals surface area contributed by atoms with E-state index in [-0.39, 0.29) is 0 Å². The number of aryl methyl sites for hydroxylation is 3. The molecule has 6 heteroatoms. The fraction of sp³-hybridized carbons (Fsp3) is 0.500. The third-order valence-corrected chi connectivity index (χ3v) is 3.66. The van der Waals surface area contributed by atoms with Crippen molar-refractivity contribution in [2.75, 3.05) is 14.2 Å². The molecule has 0 N–H and O–H groups in total. The Bertz CT molecular complexity index is 547. The van der Waals surface area contributed by atoms with Gasteiger partial charge in [-0.15, -0.1) is 0 Å². The van der Waals surface area contributed by atoms with Gasteiger partial charge in [0.2, 0.25) is 0 Å². The number of carbonyl (C=O) groups excluding carboxylic acids is 2. The Balaban J connectivity index is 2.35. The van der Waals surface area contributed by atoms with Crippen molar-refractivity contribution in [1.82, 2.24) is 0 Å². The third kappa shape index (κ3) is 2.98. The molecule has 1 aliphatic rings. The monoisotopic (exact) mass is 308 g/mol. The number of ether oxygens (including phenoxy) is 4. The van der Waals surface area contributed by atoms with Crippen molar-refractivity contribution in [2.45, 2.75) is 39.3 Å². The molecule has 2 atom stereocenters. The summed E-state index contributed by atoms with van der Waals surface area (Å²) in [6.07, 6.45) is -3.08. The molecule has 1 aromatic carbocycles. The molecule has 0 aromatic heterocycles. The molecule has 0 spiro atoms. The summed E-state index contributed by atoms with van der Waals surface area (Å²) in [4.78, 5) is 23.6. The summed E-state index contributed by atoms with van der Waals surface area (Å²) in [5, 5.41) is 0. The summed E-state index contributed by atoms with van der Waals surface area (Å²) in [5.74, 6) is -1.33. The summed E-state index contributed by atoms with van der Waals surface area (Å²) in [7, 11) is 2.46. The van der Waals surface area contributed by atoms with Crippen molar-refractivity contribution in [2.24, 2.45) is 0 Å². The van der Waals surface area contributed by atoms with E-state index in [2.05, 4.69) is 9.47 Å². The summed E-state index contributed by atoms with van der Waals surface area (Å²) in [6.45, 7) is 5.86. The van der Waals surface area contributed by atoms with E-state index in [0.29, 0.717) is 0 Å². The van der Waals surface area contributed by atoms with Crippen molar-refractivity contribution in [3.63, 3.8) is 0 Å². The van der Waals surface area contributed by atoms with Crippen LogP contribution in [0, 0.1) is 20.8 Å². The molecule has 0 saturated carbocycles. The Labute approximate surface area is 129 Å². The fourth-order valence-corrected chi connectivity index (χ4v) is 2.73. The summed E-state index contributed by atoms with van der Waals surface area (Å²) in [6, 6.07) is 3.99. The molecule has 1 heterocycles. The molecule has 0 amide bonds. The number of carbonyl (C=O) groups is 2. The summed E-state index contributed by atoms with van der Waals surface area (Å²) >= 11 is 0. The average molecular weight is 308 g/mol. The van der Waals surface area contributed by atoms with Crippen LogP contribution in [0.25, 0.3) is 0 Å². The van der Waals surface area contributed by atoms with E-state index >= 15 is 0 Å². The first-order chi connectivity index (χ1) is 10.4. The van der Waals surface area contributed by atoms with Crippen molar-refractivity contribution in [1.29, 1.82) is 0 Å². The highest BCUT2D eigenvalue weighted by atomic mass is 16.8. The first kappa shape index (κ1) is 16.5. The van der Waals surface area contributed by atoms with Gasteiger partial charge in [0.25, 0.3) is 0 Å².